The fraction of sp³-hybridized carbons (Fsp3) is 0.533. The van der Waals surface area contributed by atoms with Crippen LogP contribution < -0.4 is 0 Å². The van der Waals surface area contributed by atoms with Gasteiger partial charge in [-0.05, 0) is 24.3 Å². The van der Waals surface area contributed by atoms with Gasteiger partial charge in [0.2, 0.25) is 25.2 Å². The van der Waals surface area contributed by atoms with Crippen molar-refractivity contribution < 1.29 is 47.8 Å². The molecule has 0 radical (unpaired) electrons. The minimum atomic E-state index is -0.516. The Morgan fingerprint density at radius 3 is 0.957 bits per heavy atom. The van der Waals surface area contributed by atoms with Gasteiger partial charge in [-0.25, -0.2) is 9.97 Å². The van der Waals surface area contributed by atoms with Crippen molar-refractivity contribution in [3.8, 4) is 0 Å². The molecule has 0 N–H and O–H groups in total. The molecule has 16 nitrogen and oxygen atoms in total. The number of hydrogen-bond donors (Lipinski definition) is 0. The summed E-state index contributed by atoms with van der Waals surface area (Å²) >= 11 is 0. The third-order valence-electron chi connectivity index (χ3n) is 7.37. The van der Waals surface area contributed by atoms with E-state index in [9.17, 15) is 0 Å². The van der Waals surface area contributed by atoms with Gasteiger partial charge < -0.3 is 47.8 Å². The van der Waals surface area contributed by atoms with Crippen molar-refractivity contribution in [2.75, 3.05) is 52.9 Å². The van der Waals surface area contributed by atoms with Gasteiger partial charge in [0.1, 0.15) is 22.8 Å². The third-order valence-corrected chi connectivity index (χ3v) is 7.37. The normalized spacial score (nSPS) is 27.7. The van der Waals surface area contributed by atoms with Crippen LogP contribution in [0.5, 0.6) is 0 Å². The monoisotopic (exact) mass is 638 g/mol. The number of rotatable bonds is 0. The van der Waals surface area contributed by atoms with Crippen LogP contribution in [0.25, 0.3) is 0 Å². The molecule has 7 heterocycles. The average molecular weight is 639 g/mol. The van der Waals surface area contributed by atoms with Crippen molar-refractivity contribution in [2.24, 2.45) is 20.6 Å². The molecular weight excluding hydrogens is 604 g/mol. The maximum Gasteiger partial charge on any atom is 0.232 e. The summed E-state index contributed by atoms with van der Waals surface area (Å²) in [5.74, 6) is 0. The lowest BCUT2D eigenvalue weighted by molar-refractivity contribution is -0.147. The Kier molecular flexibility index (Phi) is 9.99. The summed E-state index contributed by atoms with van der Waals surface area (Å²) in [4.78, 5) is 31.3. The molecule has 0 unspecified atom stereocenters. The molecule has 2 aromatic heterocycles. The second-order valence-corrected chi connectivity index (χ2v) is 10.6. The van der Waals surface area contributed by atoms with Crippen molar-refractivity contribution in [1.82, 2.24) is 9.97 Å². The van der Waals surface area contributed by atoms with Gasteiger partial charge in [-0.3, -0.25) is 0 Å². The van der Waals surface area contributed by atoms with Gasteiger partial charge >= 0.3 is 0 Å². The van der Waals surface area contributed by atoms with Crippen LogP contribution in [0.3, 0.4) is 0 Å². The first-order valence-corrected chi connectivity index (χ1v) is 15.2. The second kappa shape index (κ2) is 15.0. The van der Waals surface area contributed by atoms with E-state index in [0.29, 0.717) is 124 Å². The molecule has 0 saturated carbocycles. The van der Waals surface area contributed by atoms with Crippen LogP contribution in [0.2, 0.25) is 0 Å². The molecule has 0 spiro atoms. The van der Waals surface area contributed by atoms with Crippen LogP contribution >= 0.6 is 0 Å². The van der Waals surface area contributed by atoms with E-state index in [-0.39, 0.29) is 0 Å². The summed E-state index contributed by atoms with van der Waals surface area (Å²) in [7, 11) is 0. The first-order chi connectivity index (χ1) is 22.8. The number of oxime groups is 4. The van der Waals surface area contributed by atoms with Crippen molar-refractivity contribution >= 4 is 22.8 Å². The summed E-state index contributed by atoms with van der Waals surface area (Å²) in [6.07, 6.45) is -0.231. The lowest BCUT2D eigenvalue weighted by Crippen LogP contribution is -2.20. The predicted octanol–water partition coefficient (Wildman–Crippen LogP) is 2.09. The molecule has 7 rings (SSSR count). The van der Waals surface area contributed by atoms with E-state index in [1.165, 1.54) is 0 Å². The number of hydrogen-bond acceptors (Lipinski definition) is 16. The summed E-state index contributed by atoms with van der Waals surface area (Å²) in [6.45, 7) is 2.80. The molecule has 5 aliphatic rings. The Bertz CT molecular complexity index is 1280. The molecule has 0 amide bonds. The average Bonchev–Trinajstić information content (AvgIpc) is 3.92. The molecule has 4 atom stereocenters. The molecule has 0 fully saturated rings. The highest BCUT2D eigenvalue weighted by Gasteiger charge is 2.28. The molecule has 5 aliphatic heterocycles. The maximum atomic E-state index is 5.78. The van der Waals surface area contributed by atoms with Gasteiger partial charge in [-0.15, -0.1) is 0 Å². The molecule has 12 bridgehead atoms. The van der Waals surface area contributed by atoms with Crippen LogP contribution in [-0.2, 0) is 47.8 Å². The summed E-state index contributed by atoms with van der Waals surface area (Å²) < 4.78 is 34.4. The number of nitrogens with zero attached hydrogens (tertiary/aromatic N) is 6. The van der Waals surface area contributed by atoms with Crippen molar-refractivity contribution in [3.05, 3.63) is 59.2 Å². The molecule has 0 saturated heterocycles. The minimum Gasteiger partial charge on any atom is -0.377 e. The fourth-order valence-corrected chi connectivity index (χ4v) is 5.05. The second-order valence-electron chi connectivity index (χ2n) is 10.6. The summed E-state index contributed by atoms with van der Waals surface area (Å²) in [6, 6.07) is 11.3. The van der Waals surface area contributed by atoms with Crippen LogP contribution in [-0.4, -0.2) is 111 Å². The van der Waals surface area contributed by atoms with Gasteiger partial charge in [0.15, 0.2) is 0 Å². The smallest absolute Gasteiger partial charge is 0.232 e. The minimum absolute atomic E-state index is 0.333. The zero-order valence-electron chi connectivity index (χ0n) is 25.0. The number of fused-ring (bicyclic) bond motifs is 16. The zero-order chi connectivity index (χ0) is 31.0. The van der Waals surface area contributed by atoms with E-state index in [0.717, 1.165) is 0 Å². The Morgan fingerprint density at radius 2 is 0.674 bits per heavy atom. The first-order valence-electron chi connectivity index (χ1n) is 15.2. The van der Waals surface area contributed by atoms with E-state index >= 15 is 0 Å². The standard InChI is InChI=1S/C30H34N6O10/c1-3-19-23-15-27(43-33-23)39-11-7-37-9-13-41-29-17-25(35-45-29)21-5-2-6-22(32-21)26-18-30(46-36-26)42-14-10-38-8-12-40-28-16-24(34-44-28)20(4-1)31-19/h1-6,27-30H,7-18H2/t27-,28-,29+,30+. The predicted molar refractivity (Wildman–Crippen MR) is 158 cm³/mol. The first kappa shape index (κ1) is 30.6. The molecule has 2 aromatic rings. The van der Waals surface area contributed by atoms with Crippen LogP contribution in [0.4, 0.5) is 0 Å². The zero-order valence-corrected chi connectivity index (χ0v) is 25.0. The Balaban J connectivity index is 0.930. The molecule has 244 valence electrons. The molecule has 0 aromatic carbocycles. The fourth-order valence-electron chi connectivity index (χ4n) is 5.05. The van der Waals surface area contributed by atoms with Crippen molar-refractivity contribution in [3.63, 3.8) is 0 Å². The molecule has 16 heteroatoms. The van der Waals surface area contributed by atoms with E-state index in [1.54, 1.807) is 0 Å². The SMILES string of the molecule is c1cc2nc(c1)C1=NO[C@H](C1)OCCOCCO[C@@H]1CC(=NO1)c1cccc(n1)C1=NO[C@@H](C1)OCCOCCO[C@H]1CC2=NO1. The van der Waals surface area contributed by atoms with Crippen LogP contribution in [0.15, 0.2) is 57.0 Å². The number of ether oxygens (including phenoxy) is 6. The summed E-state index contributed by atoms with van der Waals surface area (Å²) in [5, 5.41) is 16.7. The lowest BCUT2D eigenvalue weighted by atomic mass is 10.1. The topological polar surface area (TPSA) is 168 Å². The Labute approximate surface area is 264 Å². The van der Waals surface area contributed by atoms with Crippen LogP contribution in [0.1, 0.15) is 48.5 Å². The number of pyridine rings is 2. The van der Waals surface area contributed by atoms with Gasteiger partial charge in [0.05, 0.1) is 101 Å². The van der Waals surface area contributed by atoms with Crippen LogP contribution in [0, 0.1) is 0 Å². The molecule has 0 aliphatic carbocycles. The molecular formula is C30H34N6O10. The highest BCUT2D eigenvalue weighted by Crippen LogP contribution is 2.22. The van der Waals surface area contributed by atoms with E-state index in [1.807, 2.05) is 36.4 Å². The highest BCUT2D eigenvalue weighted by molar-refractivity contribution is 6.04. The maximum absolute atomic E-state index is 5.78. The van der Waals surface area contributed by atoms with Crippen molar-refractivity contribution in [1.29, 1.82) is 0 Å². The summed E-state index contributed by atoms with van der Waals surface area (Å²) in [5.41, 5.74) is 5.48. The quantitative estimate of drug-likeness (QED) is 0.413. The third kappa shape index (κ3) is 7.83. The Hall–Kier alpha value is -4.06. The van der Waals surface area contributed by atoms with E-state index in [4.69, 9.17) is 57.7 Å². The lowest BCUT2D eigenvalue weighted by Gasteiger charge is -2.12. The Morgan fingerprint density at radius 1 is 0.391 bits per heavy atom. The highest BCUT2D eigenvalue weighted by atomic mass is 16.8. The van der Waals surface area contributed by atoms with Gasteiger partial charge in [-0.1, -0.05) is 32.8 Å². The van der Waals surface area contributed by atoms with Gasteiger partial charge in [0.25, 0.3) is 0 Å². The van der Waals surface area contributed by atoms with E-state index in [2.05, 4.69) is 20.6 Å². The van der Waals surface area contributed by atoms with E-state index < -0.39 is 25.2 Å². The van der Waals surface area contributed by atoms with Gasteiger partial charge in [0, 0.05) is 0 Å². The van der Waals surface area contributed by atoms with Crippen molar-refractivity contribution in [2.45, 2.75) is 50.8 Å². The molecule has 46 heavy (non-hydrogen) atoms. The largest absolute Gasteiger partial charge is 0.377 e. The number of aromatic nitrogens is 2. The van der Waals surface area contributed by atoms with Gasteiger partial charge in [-0.2, -0.15) is 0 Å².